The van der Waals surface area contributed by atoms with E-state index in [9.17, 15) is 4.79 Å². The second-order valence-corrected chi connectivity index (χ2v) is 5.53. The van der Waals surface area contributed by atoms with Gasteiger partial charge in [-0.3, -0.25) is 4.79 Å². The van der Waals surface area contributed by atoms with Crippen LogP contribution in [0.15, 0.2) is 42.5 Å². The Hall–Kier alpha value is -1.42. The minimum atomic E-state index is -0.693. The molecule has 0 radical (unpaired) electrons. The Kier molecular flexibility index (Phi) is 5.34. The van der Waals surface area contributed by atoms with Crippen molar-refractivity contribution in [2.45, 2.75) is 13.0 Å². The SMILES string of the molecule is C[C@@H](Oc1ccc(Cl)cc1)C(=O)Nc1cccc(Cl)c1Cl. The van der Waals surface area contributed by atoms with Crippen molar-refractivity contribution in [2.75, 3.05) is 5.32 Å². The summed E-state index contributed by atoms with van der Waals surface area (Å²) in [5, 5.41) is 3.95. The second kappa shape index (κ2) is 7.03. The highest BCUT2D eigenvalue weighted by Crippen LogP contribution is 2.29. The van der Waals surface area contributed by atoms with Gasteiger partial charge in [-0.05, 0) is 43.3 Å². The molecule has 0 aromatic heterocycles. The molecule has 0 heterocycles. The van der Waals surface area contributed by atoms with Crippen LogP contribution >= 0.6 is 34.8 Å². The highest BCUT2D eigenvalue weighted by atomic mass is 35.5. The van der Waals surface area contributed by atoms with Gasteiger partial charge in [-0.1, -0.05) is 40.9 Å². The Morgan fingerprint density at radius 2 is 1.76 bits per heavy atom. The number of rotatable bonds is 4. The maximum Gasteiger partial charge on any atom is 0.265 e. The lowest BCUT2D eigenvalue weighted by Gasteiger charge is -2.15. The van der Waals surface area contributed by atoms with Gasteiger partial charge < -0.3 is 10.1 Å². The molecule has 0 bridgehead atoms. The fraction of sp³-hybridized carbons (Fsp3) is 0.133. The van der Waals surface area contributed by atoms with Gasteiger partial charge in [0.25, 0.3) is 5.91 Å². The molecule has 2 rings (SSSR count). The van der Waals surface area contributed by atoms with Crippen molar-refractivity contribution < 1.29 is 9.53 Å². The van der Waals surface area contributed by atoms with Crippen LogP contribution in [0.2, 0.25) is 15.1 Å². The summed E-state index contributed by atoms with van der Waals surface area (Å²) in [5.41, 5.74) is 0.445. The van der Waals surface area contributed by atoms with Crippen molar-refractivity contribution >= 4 is 46.4 Å². The minimum Gasteiger partial charge on any atom is -0.481 e. The van der Waals surface area contributed by atoms with Crippen LogP contribution in [0, 0.1) is 0 Å². The number of hydrogen-bond donors (Lipinski definition) is 1. The van der Waals surface area contributed by atoms with E-state index in [1.54, 1.807) is 49.4 Å². The largest absolute Gasteiger partial charge is 0.481 e. The van der Waals surface area contributed by atoms with Gasteiger partial charge in [0.15, 0.2) is 6.10 Å². The fourth-order valence-corrected chi connectivity index (χ4v) is 2.08. The first-order valence-corrected chi connectivity index (χ1v) is 7.28. The molecule has 3 nitrogen and oxygen atoms in total. The van der Waals surface area contributed by atoms with E-state index in [4.69, 9.17) is 39.5 Å². The van der Waals surface area contributed by atoms with Gasteiger partial charge in [0.05, 0.1) is 15.7 Å². The molecule has 0 unspecified atom stereocenters. The predicted molar refractivity (Wildman–Crippen MR) is 86.6 cm³/mol. The van der Waals surface area contributed by atoms with Crippen molar-refractivity contribution in [2.24, 2.45) is 0 Å². The van der Waals surface area contributed by atoms with Crippen molar-refractivity contribution in [1.29, 1.82) is 0 Å². The zero-order valence-electron chi connectivity index (χ0n) is 11.1. The van der Waals surface area contributed by atoms with Crippen LogP contribution in [0.25, 0.3) is 0 Å². The molecule has 0 spiro atoms. The molecule has 2 aromatic rings. The third kappa shape index (κ3) is 4.27. The molecular weight excluding hydrogens is 333 g/mol. The number of halogens is 3. The van der Waals surface area contributed by atoms with Gasteiger partial charge in [0.1, 0.15) is 5.75 Å². The third-order valence-corrected chi connectivity index (χ3v) is 3.78. The maximum atomic E-state index is 12.1. The third-order valence-electron chi connectivity index (χ3n) is 2.71. The number of hydrogen-bond acceptors (Lipinski definition) is 2. The van der Waals surface area contributed by atoms with E-state index in [0.717, 1.165) is 0 Å². The van der Waals surface area contributed by atoms with Crippen molar-refractivity contribution in [3.63, 3.8) is 0 Å². The Morgan fingerprint density at radius 1 is 1.10 bits per heavy atom. The molecule has 110 valence electrons. The fourth-order valence-electron chi connectivity index (χ4n) is 1.61. The van der Waals surface area contributed by atoms with E-state index in [-0.39, 0.29) is 5.91 Å². The highest BCUT2D eigenvalue weighted by Gasteiger charge is 2.16. The van der Waals surface area contributed by atoms with E-state index in [0.29, 0.717) is 26.5 Å². The summed E-state index contributed by atoms with van der Waals surface area (Å²) in [4.78, 5) is 12.1. The first-order valence-electron chi connectivity index (χ1n) is 6.14. The molecule has 0 aliphatic rings. The molecule has 0 fully saturated rings. The van der Waals surface area contributed by atoms with Crippen molar-refractivity contribution in [3.05, 3.63) is 57.5 Å². The predicted octanol–water partition coefficient (Wildman–Crippen LogP) is 5.05. The lowest BCUT2D eigenvalue weighted by Crippen LogP contribution is -2.30. The van der Waals surface area contributed by atoms with Crippen LogP contribution in [-0.4, -0.2) is 12.0 Å². The van der Waals surface area contributed by atoms with Crippen LogP contribution in [0.5, 0.6) is 5.75 Å². The zero-order chi connectivity index (χ0) is 15.4. The molecule has 0 aliphatic carbocycles. The van der Waals surface area contributed by atoms with Gasteiger partial charge in [0, 0.05) is 5.02 Å². The molecule has 0 saturated heterocycles. The number of carbonyl (C=O) groups excluding carboxylic acids is 1. The van der Waals surface area contributed by atoms with Gasteiger partial charge in [-0.2, -0.15) is 0 Å². The summed E-state index contributed by atoms with van der Waals surface area (Å²) in [7, 11) is 0. The minimum absolute atomic E-state index is 0.297. The molecule has 0 aliphatic heterocycles. The summed E-state index contributed by atoms with van der Waals surface area (Å²) in [6.07, 6.45) is -0.693. The highest BCUT2D eigenvalue weighted by molar-refractivity contribution is 6.44. The summed E-state index contributed by atoms with van der Waals surface area (Å²) in [6.45, 7) is 1.64. The molecule has 1 atom stereocenters. The molecule has 1 amide bonds. The van der Waals surface area contributed by atoms with E-state index in [1.807, 2.05) is 0 Å². The quantitative estimate of drug-likeness (QED) is 0.842. The van der Waals surface area contributed by atoms with E-state index < -0.39 is 6.10 Å². The maximum absolute atomic E-state index is 12.1. The number of anilines is 1. The topological polar surface area (TPSA) is 38.3 Å². The van der Waals surface area contributed by atoms with E-state index >= 15 is 0 Å². The average molecular weight is 345 g/mol. The van der Waals surface area contributed by atoms with Gasteiger partial charge in [0.2, 0.25) is 0 Å². The number of ether oxygens (including phenoxy) is 1. The van der Waals surface area contributed by atoms with E-state index in [1.165, 1.54) is 0 Å². The Balaban J connectivity index is 2.02. The number of nitrogens with one attached hydrogen (secondary N) is 1. The Labute approximate surface area is 137 Å². The summed E-state index contributed by atoms with van der Waals surface area (Å²) >= 11 is 17.7. The number of amides is 1. The molecule has 2 aromatic carbocycles. The normalized spacial score (nSPS) is 11.8. The van der Waals surface area contributed by atoms with Gasteiger partial charge in [-0.15, -0.1) is 0 Å². The van der Waals surface area contributed by atoms with Crippen LogP contribution in [0.1, 0.15) is 6.92 Å². The van der Waals surface area contributed by atoms with Gasteiger partial charge >= 0.3 is 0 Å². The molecule has 6 heteroatoms. The average Bonchev–Trinajstić information content (AvgIpc) is 2.46. The number of benzene rings is 2. The van der Waals surface area contributed by atoms with Crippen LogP contribution in [0.3, 0.4) is 0 Å². The monoisotopic (exact) mass is 343 g/mol. The standard InChI is InChI=1S/C15H12Cl3NO2/c1-9(21-11-7-5-10(16)6-8-11)15(20)19-13-4-2-3-12(17)14(13)18/h2-9H,1H3,(H,19,20)/t9-/m1/s1. The summed E-state index contributed by atoms with van der Waals surface area (Å²) < 4.78 is 5.53. The second-order valence-electron chi connectivity index (χ2n) is 4.30. The van der Waals surface area contributed by atoms with Crippen molar-refractivity contribution in [1.82, 2.24) is 0 Å². The summed E-state index contributed by atoms with van der Waals surface area (Å²) in [6, 6.07) is 11.8. The lowest BCUT2D eigenvalue weighted by atomic mass is 10.3. The lowest BCUT2D eigenvalue weighted by molar-refractivity contribution is -0.122. The van der Waals surface area contributed by atoms with Crippen molar-refractivity contribution in [3.8, 4) is 5.75 Å². The summed E-state index contributed by atoms with van der Waals surface area (Å²) in [5.74, 6) is 0.230. The number of carbonyl (C=O) groups is 1. The van der Waals surface area contributed by atoms with Crippen LogP contribution < -0.4 is 10.1 Å². The first kappa shape index (κ1) is 16.0. The molecule has 0 saturated carbocycles. The van der Waals surface area contributed by atoms with E-state index in [2.05, 4.69) is 5.32 Å². The van der Waals surface area contributed by atoms with Crippen LogP contribution in [0.4, 0.5) is 5.69 Å². The van der Waals surface area contributed by atoms with Crippen LogP contribution in [-0.2, 0) is 4.79 Å². The Bertz CT molecular complexity index is 644. The van der Waals surface area contributed by atoms with Gasteiger partial charge in [-0.25, -0.2) is 0 Å². The molecule has 21 heavy (non-hydrogen) atoms. The Morgan fingerprint density at radius 3 is 2.43 bits per heavy atom. The smallest absolute Gasteiger partial charge is 0.265 e. The first-order chi connectivity index (χ1) is 9.97. The molecular formula is C15H12Cl3NO2. The molecule has 1 N–H and O–H groups in total. The zero-order valence-corrected chi connectivity index (χ0v) is 13.3.